The topological polar surface area (TPSA) is 93.2 Å². The van der Waals surface area contributed by atoms with E-state index in [4.69, 9.17) is 17.3 Å². The number of likely N-dealkylation sites (tertiary alicyclic amines) is 1. The van der Waals surface area contributed by atoms with E-state index in [1.165, 1.54) is 10.2 Å². The first-order valence-electron chi connectivity index (χ1n) is 9.23. The van der Waals surface area contributed by atoms with Gasteiger partial charge in [0.25, 0.3) is 0 Å². The number of rotatable bonds is 7. The van der Waals surface area contributed by atoms with Gasteiger partial charge in [-0.05, 0) is 59.8 Å². The quantitative estimate of drug-likeness (QED) is 0.765. The van der Waals surface area contributed by atoms with Crippen LogP contribution in [0.3, 0.4) is 0 Å². The minimum atomic E-state index is -0.0349. The molecule has 1 saturated heterocycles. The van der Waals surface area contributed by atoms with E-state index in [-0.39, 0.29) is 18.4 Å². The maximum absolute atomic E-state index is 12.4. The van der Waals surface area contributed by atoms with Gasteiger partial charge in [-0.2, -0.15) is 0 Å². The van der Waals surface area contributed by atoms with Crippen LogP contribution in [0.25, 0.3) is 0 Å². The van der Waals surface area contributed by atoms with Crippen LogP contribution in [0, 0.1) is 5.92 Å². The normalized spacial score (nSPS) is 17.8. The predicted octanol–water partition coefficient (Wildman–Crippen LogP) is 1.32. The summed E-state index contributed by atoms with van der Waals surface area (Å²) in [6.45, 7) is 3.96. The largest absolute Gasteiger partial charge is 0.367 e. The van der Waals surface area contributed by atoms with E-state index in [2.05, 4.69) is 32.6 Å². The summed E-state index contributed by atoms with van der Waals surface area (Å²) in [6.07, 6.45) is 3.31. The number of carbonyl (C=O) groups is 1. The summed E-state index contributed by atoms with van der Waals surface area (Å²) >= 11 is 5.94. The van der Waals surface area contributed by atoms with Crippen molar-refractivity contribution in [3.05, 3.63) is 34.9 Å². The standard InChI is InChI=1S/C18H26ClN7O/c1-24(17(27)13-26-18(20)21-22-23-26)11-15-3-2-9-25(12-15)10-8-14-4-6-16(19)7-5-14/h4-7,15H,2-3,8-13H2,1H3,(H2,20,21,23)/t15-/m1/s1. The fourth-order valence-electron chi connectivity index (χ4n) is 3.50. The number of tetrazole rings is 1. The molecule has 9 heteroatoms. The molecule has 0 radical (unpaired) electrons. The molecule has 0 bridgehead atoms. The molecule has 2 heterocycles. The molecule has 0 unspecified atom stereocenters. The summed E-state index contributed by atoms with van der Waals surface area (Å²) in [6, 6.07) is 8.05. The van der Waals surface area contributed by atoms with Crippen LogP contribution in [0.4, 0.5) is 5.95 Å². The Bertz CT molecular complexity index is 748. The lowest BCUT2D eigenvalue weighted by Gasteiger charge is -2.34. The van der Waals surface area contributed by atoms with Crippen molar-refractivity contribution < 1.29 is 4.79 Å². The van der Waals surface area contributed by atoms with E-state index in [0.29, 0.717) is 5.92 Å². The maximum atomic E-state index is 12.4. The molecule has 3 rings (SSSR count). The van der Waals surface area contributed by atoms with Crippen LogP contribution in [-0.2, 0) is 17.8 Å². The van der Waals surface area contributed by atoms with Gasteiger partial charge in [0.05, 0.1) is 0 Å². The maximum Gasteiger partial charge on any atom is 0.244 e. The van der Waals surface area contributed by atoms with Gasteiger partial charge < -0.3 is 15.5 Å². The Labute approximate surface area is 164 Å². The van der Waals surface area contributed by atoms with Crippen molar-refractivity contribution in [3.8, 4) is 0 Å². The highest BCUT2D eigenvalue weighted by Gasteiger charge is 2.23. The third-order valence-corrected chi connectivity index (χ3v) is 5.29. The second kappa shape index (κ2) is 9.14. The summed E-state index contributed by atoms with van der Waals surface area (Å²) in [4.78, 5) is 16.6. The van der Waals surface area contributed by atoms with Gasteiger partial charge in [0.2, 0.25) is 11.9 Å². The van der Waals surface area contributed by atoms with Crippen LogP contribution < -0.4 is 5.73 Å². The molecule has 1 aliphatic heterocycles. The number of anilines is 1. The van der Waals surface area contributed by atoms with E-state index in [1.54, 1.807) is 4.90 Å². The number of benzene rings is 1. The summed E-state index contributed by atoms with van der Waals surface area (Å²) in [5.74, 6) is 0.596. The van der Waals surface area contributed by atoms with Gasteiger partial charge in [0, 0.05) is 31.7 Å². The van der Waals surface area contributed by atoms with Gasteiger partial charge >= 0.3 is 0 Å². The fraction of sp³-hybridized carbons (Fsp3) is 0.556. The zero-order chi connectivity index (χ0) is 19.2. The number of nitrogen functional groups attached to an aromatic ring is 1. The van der Waals surface area contributed by atoms with Crippen LogP contribution in [-0.4, -0.2) is 69.1 Å². The Morgan fingerprint density at radius 2 is 2.15 bits per heavy atom. The van der Waals surface area contributed by atoms with Gasteiger partial charge in [-0.1, -0.05) is 28.8 Å². The van der Waals surface area contributed by atoms with Gasteiger partial charge in [-0.15, -0.1) is 0 Å². The molecule has 0 saturated carbocycles. The van der Waals surface area contributed by atoms with E-state index < -0.39 is 0 Å². The summed E-state index contributed by atoms with van der Waals surface area (Å²) < 4.78 is 1.32. The molecule has 2 aromatic rings. The fourth-order valence-corrected chi connectivity index (χ4v) is 3.63. The lowest BCUT2D eigenvalue weighted by molar-refractivity contribution is -0.131. The monoisotopic (exact) mass is 391 g/mol. The Morgan fingerprint density at radius 1 is 1.37 bits per heavy atom. The van der Waals surface area contributed by atoms with Crippen molar-refractivity contribution in [1.82, 2.24) is 30.0 Å². The smallest absolute Gasteiger partial charge is 0.244 e. The highest BCUT2D eigenvalue weighted by Crippen LogP contribution is 2.18. The minimum Gasteiger partial charge on any atom is -0.367 e. The predicted molar refractivity (Wildman–Crippen MR) is 104 cm³/mol. The molecular weight excluding hydrogens is 366 g/mol. The zero-order valence-electron chi connectivity index (χ0n) is 15.6. The van der Waals surface area contributed by atoms with Crippen molar-refractivity contribution in [1.29, 1.82) is 0 Å². The average molecular weight is 392 g/mol. The summed E-state index contributed by atoms with van der Waals surface area (Å²) in [5, 5.41) is 11.6. The van der Waals surface area contributed by atoms with Crippen molar-refractivity contribution in [2.75, 3.05) is 39.0 Å². The van der Waals surface area contributed by atoms with Gasteiger partial charge in [-0.25, -0.2) is 4.68 Å². The van der Waals surface area contributed by atoms with Crippen molar-refractivity contribution in [2.45, 2.75) is 25.8 Å². The number of nitrogens with zero attached hydrogens (tertiary/aromatic N) is 6. The molecule has 1 fully saturated rings. The molecule has 1 aromatic heterocycles. The molecule has 2 N–H and O–H groups in total. The molecule has 1 aromatic carbocycles. The number of hydrogen-bond donors (Lipinski definition) is 1. The molecular formula is C18H26ClN7O. The van der Waals surface area contributed by atoms with E-state index in [9.17, 15) is 4.79 Å². The molecule has 146 valence electrons. The minimum absolute atomic E-state index is 0.0349. The number of carbonyl (C=O) groups excluding carboxylic acids is 1. The van der Waals surface area contributed by atoms with Crippen LogP contribution in [0.15, 0.2) is 24.3 Å². The number of piperidine rings is 1. The second-order valence-electron chi connectivity index (χ2n) is 7.15. The van der Waals surface area contributed by atoms with Crippen molar-refractivity contribution in [2.24, 2.45) is 5.92 Å². The molecule has 1 atom stereocenters. The summed E-state index contributed by atoms with van der Waals surface area (Å²) in [5.41, 5.74) is 6.92. The van der Waals surface area contributed by atoms with Gasteiger partial charge in [0.1, 0.15) is 6.54 Å². The Morgan fingerprint density at radius 3 is 2.85 bits per heavy atom. The molecule has 1 aliphatic rings. The van der Waals surface area contributed by atoms with Crippen molar-refractivity contribution >= 4 is 23.5 Å². The van der Waals surface area contributed by atoms with Crippen LogP contribution in [0.1, 0.15) is 18.4 Å². The first-order chi connectivity index (χ1) is 13.0. The first-order valence-corrected chi connectivity index (χ1v) is 9.61. The number of aromatic nitrogens is 4. The Kier molecular flexibility index (Phi) is 6.63. The molecule has 0 aliphatic carbocycles. The van der Waals surface area contributed by atoms with Crippen LogP contribution >= 0.6 is 11.6 Å². The SMILES string of the molecule is CN(C[C@H]1CCCN(CCc2ccc(Cl)cc2)C1)C(=O)Cn1nnnc1N. The molecule has 27 heavy (non-hydrogen) atoms. The number of nitrogens with two attached hydrogens (primary N) is 1. The third kappa shape index (κ3) is 5.64. The molecule has 1 amide bonds. The van der Waals surface area contributed by atoms with Gasteiger partial charge in [-0.3, -0.25) is 4.79 Å². The molecule has 0 spiro atoms. The van der Waals surface area contributed by atoms with E-state index >= 15 is 0 Å². The second-order valence-corrected chi connectivity index (χ2v) is 7.59. The van der Waals surface area contributed by atoms with Crippen molar-refractivity contribution in [3.63, 3.8) is 0 Å². The third-order valence-electron chi connectivity index (χ3n) is 5.04. The zero-order valence-corrected chi connectivity index (χ0v) is 16.3. The lowest BCUT2D eigenvalue weighted by atomic mass is 9.97. The van der Waals surface area contributed by atoms with E-state index in [0.717, 1.165) is 50.5 Å². The highest BCUT2D eigenvalue weighted by atomic mass is 35.5. The number of hydrogen-bond acceptors (Lipinski definition) is 6. The van der Waals surface area contributed by atoms with Crippen LogP contribution in [0.5, 0.6) is 0 Å². The van der Waals surface area contributed by atoms with Crippen LogP contribution in [0.2, 0.25) is 5.02 Å². The molecule has 8 nitrogen and oxygen atoms in total. The van der Waals surface area contributed by atoms with E-state index in [1.807, 2.05) is 19.2 Å². The number of likely N-dealkylation sites (N-methyl/N-ethyl adjacent to an activating group) is 1. The Hall–Kier alpha value is -2.19. The summed E-state index contributed by atoms with van der Waals surface area (Å²) in [7, 11) is 1.83. The average Bonchev–Trinajstić information content (AvgIpc) is 3.06. The van der Waals surface area contributed by atoms with Gasteiger partial charge in [0.15, 0.2) is 0 Å². The lowest BCUT2D eigenvalue weighted by Crippen LogP contribution is -2.43. The number of amides is 1. The first kappa shape index (κ1) is 19.6. The Balaban J connectivity index is 1.45. The number of halogens is 1. The highest BCUT2D eigenvalue weighted by molar-refractivity contribution is 6.30.